The molecule has 25 heavy (non-hydrogen) atoms. The minimum absolute atomic E-state index is 0.173. The molecule has 0 bridgehead atoms. The number of pyridine rings is 1. The normalized spacial score (nSPS) is 11.1. The van der Waals surface area contributed by atoms with E-state index in [9.17, 15) is 13.6 Å². The maximum Gasteiger partial charge on any atom is 0.244 e. The van der Waals surface area contributed by atoms with Crippen LogP contribution in [0.1, 0.15) is 5.69 Å². The zero-order valence-electron chi connectivity index (χ0n) is 14.0. The Balaban J connectivity index is 1.93. The molecule has 0 aliphatic carbocycles. The predicted molar refractivity (Wildman–Crippen MR) is 90.2 cm³/mol. The molecule has 1 N–H and O–H groups in total. The smallest absolute Gasteiger partial charge is 0.244 e. The van der Waals surface area contributed by atoms with Crippen LogP contribution < -0.4 is 10.1 Å². The number of benzene rings is 1. The van der Waals surface area contributed by atoms with Gasteiger partial charge in [-0.1, -0.05) is 6.08 Å². The van der Waals surface area contributed by atoms with Crippen LogP contribution in [0, 0.1) is 11.6 Å². The van der Waals surface area contributed by atoms with Gasteiger partial charge in [0.15, 0.2) is 11.6 Å². The molecule has 0 atom stereocenters. The summed E-state index contributed by atoms with van der Waals surface area (Å²) < 4.78 is 31.6. The van der Waals surface area contributed by atoms with E-state index in [4.69, 9.17) is 4.74 Å². The van der Waals surface area contributed by atoms with Crippen LogP contribution in [0.3, 0.4) is 0 Å². The van der Waals surface area contributed by atoms with E-state index in [2.05, 4.69) is 10.3 Å². The molecule has 0 radical (unpaired) electrons. The lowest BCUT2D eigenvalue weighted by Crippen LogP contribution is -2.21. The number of carbonyl (C=O) groups is 1. The minimum Gasteiger partial charge on any atom is -0.457 e. The van der Waals surface area contributed by atoms with Crippen molar-refractivity contribution in [3.63, 3.8) is 0 Å². The van der Waals surface area contributed by atoms with Crippen LogP contribution >= 0.6 is 0 Å². The van der Waals surface area contributed by atoms with E-state index in [-0.39, 0.29) is 18.2 Å². The highest BCUT2D eigenvalue weighted by atomic mass is 19.2. The van der Waals surface area contributed by atoms with Gasteiger partial charge in [0.2, 0.25) is 5.91 Å². The third-order valence-electron chi connectivity index (χ3n) is 3.10. The van der Waals surface area contributed by atoms with Crippen molar-refractivity contribution in [3.05, 3.63) is 66.0 Å². The van der Waals surface area contributed by atoms with Crippen molar-refractivity contribution in [2.24, 2.45) is 0 Å². The lowest BCUT2D eigenvalue weighted by atomic mass is 10.3. The summed E-state index contributed by atoms with van der Waals surface area (Å²) in [5, 5.41) is 2.71. The van der Waals surface area contributed by atoms with Gasteiger partial charge in [-0.25, -0.2) is 8.78 Å². The molecule has 0 spiro atoms. The molecule has 1 aromatic carbocycles. The summed E-state index contributed by atoms with van der Waals surface area (Å²) in [5.74, 6) is -1.56. The summed E-state index contributed by atoms with van der Waals surface area (Å²) in [7, 11) is 3.81. The van der Waals surface area contributed by atoms with Gasteiger partial charge < -0.3 is 15.0 Å². The summed E-state index contributed by atoms with van der Waals surface area (Å²) in [5.41, 5.74) is 0.578. The number of nitrogens with one attached hydrogen (secondary N) is 1. The van der Waals surface area contributed by atoms with Gasteiger partial charge in [0, 0.05) is 31.0 Å². The largest absolute Gasteiger partial charge is 0.457 e. The Morgan fingerprint density at radius 3 is 2.68 bits per heavy atom. The van der Waals surface area contributed by atoms with Crippen molar-refractivity contribution < 1.29 is 18.3 Å². The average molecular weight is 347 g/mol. The molecule has 2 aromatic rings. The van der Waals surface area contributed by atoms with Crippen molar-refractivity contribution >= 4 is 5.91 Å². The molecule has 0 saturated heterocycles. The fraction of sp³-hybridized carbons (Fsp3) is 0.222. The summed E-state index contributed by atoms with van der Waals surface area (Å²) in [6.45, 7) is 0.892. The zero-order chi connectivity index (χ0) is 18.2. The van der Waals surface area contributed by atoms with Crippen molar-refractivity contribution in [2.75, 3.05) is 20.6 Å². The lowest BCUT2D eigenvalue weighted by Gasteiger charge is -2.08. The van der Waals surface area contributed by atoms with Crippen molar-refractivity contribution in [3.8, 4) is 11.5 Å². The summed E-state index contributed by atoms with van der Waals surface area (Å²) >= 11 is 0. The van der Waals surface area contributed by atoms with Gasteiger partial charge in [-0.05, 0) is 32.3 Å². The fourth-order valence-electron chi connectivity index (χ4n) is 1.90. The van der Waals surface area contributed by atoms with E-state index in [1.54, 1.807) is 18.2 Å². The number of halogens is 2. The number of amides is 1. The summed E-state index contributed by atoms with van der Waals surface area (Å²) in [6.07, 6.45) is 4.73. The number of hydrogen-bond acceptors (Lipinski definition) is 4. The summed E-state index contributed by atoms with van der Waals surface area (Å²) in [6, 6.07) is 6.49. The Kier molecular flexibility index (Phi) is 6.59. The highest BCUT2D eigenvalue weighted by molar-refractivity contribution is 5.87. The van der Waals surface area contributed by atoms with Crippen LogP contribution in [0.15, 0.2) is 48.7 Å². The summed E-state index contributed by atoms with van der Waals surface area (Å²) in [4.78, 5) is 17.8. The van der Waals surface area contributed by atoms with Crippen molar-refractivity contribution in [1.82, 2.24) is 15.2 Å². The quantitative estimate of drug-likeness (QED) is 0.783. The molecule has 1 aromatic heterocycles. The number of hydrogen-bond donors (Lipinski definition) is 1. The Morgan fingerprint density at radius 2 is 1.96 bits per heavy atom. The molecule has 0 saturated carbocycles. The van der Waals surface area contributed by atoms with Gasteiger partial charge in [0.1, 0.15) is 11.5 Å². The number of carbonyl (C=O) groups excluding carboxylic acids is 1. The van der Waals surface area contributed by atoms with E-state index < -0.39 is 11.6 Å². The molecule has 1 heterocycles. The molecule has 1 amide bonds. The first-order valence-electron chi connectivity index (χ1n) is 7.61. The van der Waals surface area contributed by atoms with Gasteiger partial charge in [-0.2, -0.15) is 0 Å². The predicted octanol–water partition coefficient (Wildman–Crippen LogP) is 2.89. The number of rotatable bonds is 7. The van der Waals surface area contributed by atoms with Crippen LogP contribution in [0.5, 0.6) is 11.5 Å². The molecule has 0 aliphatic rings. The first-order chi connectivity index (χ1) is 11.9. The van der Waals surface area contributed by atoms with Crippen molar-refractivity contribution in [1.29, 1.82) is 0 Å². The Bertz CT molecular complexity index is 764. The van der Waals surface area contributed by atoms with Gasteiger partial charge in [-0.3, -0.25) is 9.78 Å². The van der Waals surface area contributed by atoms with E-state index in [1.807, 2.05) is 19.0 Å². The molecule has 132 valence electrons. The Hall–Kier alpha value is -2.80. The number of likely N-dealkylation sites (N-methyl/N-ethyl adjacent to an activating group) is 1. The lowest BCUT2D eigenvalue weighted by molar-refractivity contribution is -0.116. The number of nitrogens with zero attached hydrogens (tertiary/aromatic N) is 2. The molecular formula is C18H19F2N3O2. The maximum atomic E-state index is 13.2. The molecule has 0 fully saturated rings. The first-order valence-corrected chi connectivity index (χ1v) is 7.61. The van der Waals surface area contributed by atoms with Crippen LogP contribution in [0.2, 0.25) is 0 Å². The van der Waals surface area contributed by atoms with Crippen LogP contribution in [-0.4, -0.2) is 36.4 Å². The van der Waals surface area contributed by atoms with E-state index in [1.165, 1.54) is 18.3 Å². The van der Waals surface area contributed by atoms with Gasteiger partial charge in [0.25, 0.3) is 0 Å². The fourth-order valence-corrected chi connectivity index (χ4v) is 1.90. The van der Waals surface area contributed by atoms with Gasteiger partial charge in [0.05, 0.1) is 12.2 Å². The second-order valence-electron chi connectivity index (χ2n) is 5.54. The van der Waals surface area contributed by atoms with E-state index in [0.717, 1.165) is 12.1 Å². The third-order valence-corrected chi connectivity index (χ3v) is 3.10. The average Bonchev–Trinajstić information content (AvgIpc) is 2.56. The van der Waals surface area contributed by atoms with Crippen LogP contribution in [0.25, 0.3) is 0 Å². The molecule has 0 aliphatic heterocycles. The second kappa shape index (κ2) is 8.89. The van der Waals surface area contributed by atoms with Crippen LogP contribution in [0.4, 0.5) is 8.78 Å². The van der Waals surface area contributed by atoms with Crippen LogP contribution in [-0.2, 0) is 11.3 Å². The minimum atomic E-state index is -0.983. The molecular weight excluding hydrogens is 328 g/mol. The highest BCUT2D eigenvalue weighted by Crippen LogP contribution is 2.23. The third kappa shape index (κ3) is 6.31. The standard InChI is InChI=1S/C18H19F2N3O2/c1-23(2)9-3-4-18(24)22-12-13-10-15(7-8-21-13)25-14-5-6-16(19)17(20)11-14/h3-8,10-11H,9,12H2,1-2H3,(H,22,24)/b4-3+. The maximum absolute atomic E-state index is 13.2. The Morgan fingerprint density at radius 1 is 1.20 bits per heavy atom. The monoisotopic (exact) mass is 347 g/mol. The van der Waals surface area contributed by atoms with Gasteiger partial charge >= 0.3 is 0 Å². The Labute approximate surface area is 144 Å². The second-order valence-corrected chi connectivity index (χ2v) is 5.54. The molecule has 5 nitrogen and oxygen atoms in total. The number of ether oxygens (including phenoxy) is 1. The van der Waals surface area contributed by atoms with Crippen molar-refractivity contribution in [2.45, 2.75) is 6.54 Å². The first kappa shape index (κ1) is 18.5. The molecule has 0 unspecified atom stereocenters. The van der Waals surface area contributed by atoms with Gasteiger partial charge in [-0.15, -0.1) is 0 Å². The molecule has 2 rings (SSSR count). The number of aromatic nitrogens is 1. The zero-order valence-corrected chi connectivity index (χ0v) is 14.0. The SMILES string of the molecule is CN(C)C/C=C/C(=O)NCc1cc(Oc2ccc(F)c(F)c2)ccn1. The highest BCUT2D eigenvalue weighted by Gasteiger charge is 2.06. The van der Waals surface area contributed by atoms with E-state index >= 15 is 0 Å². The topological polar surface area (TPSA) is 54.5 Å². The van der Waals surface area contributed by atoms with E-state index in [0.29, 0.717) is 18.0 Å². The molecule has 7 heteroatoms.